The molecule has 2 nitrogen and oxygen atoms in total. The minimum absolute atomic E-state index is 0.319. The topological polar surface area (TPSA) is 18.5 Å². The van der Waals surface area contributed by atoms with Gasteiger partial charge in [0.2, 0.25) is 0 Å². The third-order valence-electron chi connectivity index (χ3n) is 3.03. The van der Waals surface area contributed by atoms with Crippen molar-refractivity contribution in [2.75, 3.05) is 7.11 Å². The fourth-order valence-corrected chi connectivity index (χ4v) is 2.56. The lowest BCUT2D eigenvalue weighted by molar-refractivity contribution is 0.294. The Morgan fingerprint density at radius 1 is 1.10 bits per heavy atom. The fraction of sp³-hybridized carbons (Fsp3) is 0.250. The molecule has 0 atom stereocenters. The lowest BCUT2D eigenvalue weighted by Gasteiger charge is -2.13. The zero-order valence-electron chi connectivity index (χ0n) is 11.5. The third kappa shape index (κ3) is 3.38. The van der Waals surface area contributed by atoms with Crippen LogP contribution in [0.4, 0.5) is 0 Å². The van der Waals surface area contributed by atoms with Crippen molar-refractivity contribution in [1.29, 1.82) is 0 Å². The molecule has 0 aliphatic heterocycles. The maximum Gasteiger partial charge on any atom is 0.125 e. The number of benzene rings is 2. The molecule has 0 amide bonds. The zero-order valence-corrected chi connectivity index (χ0v) is 13.0. The average molecular weight is 311 g/mol. The lowest BCUT2D eigenvalue weighted by atomic mass is 10.1. The predicted molar refractivity (Wildman–Crippen MR) is 83.1 cm³/mol. The first-order valence-electron chi connectivity index (χ1n) is 6.25. The SMILES string of the molecule is COc1ccc(C)cc1COc1cccc(Cl)c1CCl. The molecule has 0 aliphatic carbocycles. The van der Waals surface area contributed by atoms with Crippen LogP contribution < -0.4 is 9.47 Å². The summed E-state index contributed by atoms with van der Waals surface area (Å²) in [6, 6.07) is 11.5. The standard InChI is InChI=1S/C16H16Cl2O2/c1-11-6-7-15(19-2)12(8-11)10-20-16-5-3-4-14(18)13(16)9-17/h3-8H,9-10H2,1-2H3. The predicted octanol–water partition coefficient (Wildman–Crippen LogP) is 4.97. The number of hydrogen-bond donors (Lipinski definition) is 0. The number of hydrogen-bond acceptors (Lipinski definition) is 2. The number of methoxy groups -OCH3 is 1. The van der Waals surface area contributed by atoms with E-state index < -0.39 is 0 Å². The van der Waals surface area contributed by atoms with Gasteiger partial charge in [0.1, 0.15) is 18.1 Å². The second-order valence-electron chi connectivity index (χ2n) is 4.45. The van der Waals surface area contributed by atoms with Crippen LogP contribution in [-0.4, -0.2) is 7.11 Å². The van der Waals surface area contributed by atoms with Crippen LogP contribution in [-0.2, 0) is 12.5 Å². The Labute approximate surface area is 129 Å². The van der Waals surface area contributed by atoms with Crippen molar-refractivity contribution in [1.82, 2.24) is 0 Å². The average Bonchev–Trinajstić information content (AvgIpc) is 2.45. The molecule has 2 aromatic rings. The second kappa shape index (κ2) is 6.87. The fourth-order valence-electron chi connectivity index (χ4n) is 1.98. The van der Waals surface area contributed by atoms with Gasteiger partial charge in [-0.2, -0.15) is 0 Å². The summed E-state index contributed by atoms with van der Waals surface area (Å²) in [5.74, 6) is 1.83. The van der Waals surface area contributed by atoms with E-state index in [1.54, 1.807) is 13.2 Å². The summed E-state index contributed by atoms with van der Waals surface area (Å²) in [4.78, 5) is 0. The zero-order chi connectivity index (χ0) is 14.5. The lowest BCUT2D eigenvalue weighted by Crippen LogP contribution is -2.01. The van der Waals surface area contributed by atoms with E-state index in [2.05, 4.69) is 0 Å². The first-order chi connectivity index (χ1) is 9.65. The Hall–Kier alpha value is -1.38. The Balaban J connectivity index is 2.21. The van der Waals surface area contributed by atoms with Crippen molar-refractivity contribution in [3.63, 3.8) is 0 Å². The smallest absolute Gasteiger partial charge is 0.125 e. The summed E-state index contributed by atoms with van der Waals surface area (Å²) in [6.45, 7) is 2.45. The molecule has 0 fully saturated rings. The summed E-state index contributed by atoms with van der Waals surface area (Å²) < 4.78 is 11.2. The quantitative estimate of drug-likeness (QED) is 0.725. The molecule has 4 heteroatoms. The molecule has 0 saturated carbocycles. The minimum Gasteiger partial charge on any atom is -0.496 e. The van der Waals surface area contributed by atoms with E-state index in [1.165, 1.54) is 0 Å². The highest BCUT2D eigenvalue weighted by Crippen LogP contribution is 2.29. The molecule has 0 saturated heterocycles. The normalized spacial score (nSPS) is 10.4. The van der Waals surface area contributed by atoms with Gasteiger partial charge in [0, 0.05) is 16.1 Å². The van der Waals surface area contributed by atoms with Crippen molar-refractivity contribution < 1.29 is 9.47 Å². The van der Waals surface area contributed by atoms with Gasteiger partial charge in [-0.1, -0.05) is 29.3 Å². The highest BCUT2D eigenvalue weighted by Gasteiger charge is 2.09. The molecule has 20 heavy (non-hydrogen) atoms. The van der Waals surface area contributed by atoms with Crippen LogP contribution in [0.25, 0.3) is 0 Å². The van der Waals surface area contributed by atoms with Crippen LogP contribution in [0.15, 0.2) is 36.4 Å². The highest BCUT2D eigenvalue weighted by molar-refractivity contribution is 6.32. The summed E-state index contributed by atoms with van der Waals surface area (Å²) in [6.07, 6.45) is 0. The molecule has 0 N–H and O–H groups in total. The van der Waals surface area contributed by atoms with Crippen LogP contribution in [0.5, 0.6) is 11.5 Å². The van der Waals surface area contributed by atoms with Gasteiger partial charge in [-0.15, -0.1) is 11.6 Å². The molecule has 2 aromatic carbocycles. The van der Waals surface area contributed by atoms with E-state index in [1.807, 2.05) is 37.3 Å². The highest BCUT2D eigenvalue weighted by atomic mass is 35.5. The van der Waals surface area contributed by atoms with Gasteiger partial charge >= 0.3 is 0 Å². The van der Waals surface area contributed by atoms with E-state index >= 15 is 0 Å². The van der Waals surface area contributed by atoms with E-state index in [-0.39, 0.29) is 0 Å². The largest absolute Gasteiger partial charge is 0.496 e. The molecule has 0 radical (unpaired) electrons. The van der Waals surface area contributed by atoms with Crippen LogP contribution in [0.2, 0.25) is 5.02 Å². The van der Waals surface area contributed by atoms with E-state index in [4.69, 9.17) is 32.7 Å². The van der Waals surface area contributed by atoms with Crippen LogP contribution in [0.3, 0.4) is 0 Å². The van der Waals surface area contributed by atoms with Gasteiger partial charge in [-0.05, 0) is 31.2 Å². The van der Waals surface area contributed by atoms with Gasteiger partial charge in [0.05, 0.1) is 13.0 Å². The van der Waals surface area contributed by atoms with Gasteiger partial charge < -0.3 is 9.47 Å². The second-order valence-corrected chi connectivity index (χ2v) is 5.13. The molecular weight excluding hydrogens is 295 g/mol. The summed E-state index contributed by atoms with van der Waals surface area (Å²) in [5, 5.41) is 0.619. The van der Waals surface area contributed by atoms with Crippen LogP contribution in [0, 0.1) is 6.92 Å². The third-order valence-corrected chi connectivity index (χ3v) is 3.65. The molecule has 0 spiro atoms. The van der Waals surface area contributed by atoms with Crippen LogP contribution in [0.1, 0.15) is 16.7 Å². The van der Waals surface area contributed by atoms with E-state index in [0.717, 1.165) is 22.4 Å². The molecular formula is C16H16Cl2O2. The van der Waals surface area contributed by atoms with Crippen LogP contribution >= 0.6 is 23.2 Å². The summed E-state index contributed by atoms with van der Waals surface area (Å²) in [7, 11) is 1.65. The molecule has 0 aliphatic rings. The van der Waals surface area contributed by atoms with E-state index in [9.17, 15) is 0 Å². The minimum atomic E-state index is 0.319. The number of rotatable bonds is 5. The van der Waals surface area contributed by atoms with Gasteiger partial charge in [-0.3, -0.25) is 0 Å². The Kier molecular flexibility index (Phi) is 5.16. The van der Waals surface area contributed by atoms with Gasteiger partial charge in [-0.25, -0.2) is 0 Å². The Morgan fingerprint density at radius 3 is 2.60 bits per heavy atom. The summed E-state index contributed by atoms with van der Waals surface area (Å²) >= 11 is 12.0. The maximum absolute atomic E-state index is 6.11. The monoisotopic (exact) mass is 310 g/mol. The van der Waals surface area contributed by atoms with Crippen molar-refractivity contribution in [3.8, 4) is 11.5 Å². The molecule has 106 valence electrons. The molecule has 0 aromatic heterocycles. The molecule has 0 bridgehead atoms. The van der Waals surface area contributed by atoms with E-state index in [0.29, 0.717) is 23.3 Å². The first-order valence-corrected chi connectivity index (χ1v) is 7.16. The van der Waals surface area contributed by atoms with Crippen molar-refractivity contribution >= 4 is 23.2 Å². The first kappa shape index (κ1) is 15.0. The van der Waals surface area contributed by atoms with Crippen molar-refractivity contribution in [2.24, 2.45) is 0 Å². The number of aryl methyl sites for hydroxylation is 1. The Morgan fingerprint density at radius 2 is 1.90 bits per heavy atom. The van der Waals surface area contributed by atoms with Crippen molar-refractivity contribution in [3.05, 3.63) is 58.1 Å². The molecule has 2 rings (SSSR count). The van der Waals surface area contributed by atoms with Gasteiger partial charge in [0.25, 0.3) is 0 Å². The Bertz CT molecular complexity index is 595. The number of ether oxygens (including phenoxy) is 2. The maximum atomic E-state index is 6.11. The molecule has 0 unspecified atom stereocenters. The number of halogens is 2. The van der Waals surface area contributed by atoms with Gasteiger partial charge in [0.15, 0.2) is 0 Å². The molecule has 0 heterocycles. The van der Waals surface area contributed by atoms with Crippen molar-refractivity contribution in [2.45, 2.75) is 19.4 Å². The summed E-state index contributed by atoms with van der Waals surface area (Å²) in [5.41, 5.74) is 2.96. The number of alkyl halides is 1.